The lowest BCUT2D eigenvalue weighted by molar-refractivity contribution is -0.179. The smallest absolute Gasteiger partial charge is 0.185 e. The first-order valence-corrected chi connectivity index (χ1v) is 8.24. The van der Waals surface area contributed by atoms with Crippen molar-refractivity contribution in [1.29, 1.82) is 0 Å². The van der Waals surface area contributed by atoms with E-state index in [1.165, 1.54) is 38.2 Å². The van der Waals surface area contributed by atoms with Crippen LogP contribution in [0.4, 0.5) is 0 Å². The molecule has 2 nitrogen and oxygen atoms in total. The van der Waals surface area contributed by atoms with E-state index < -0.39 is 5.79 Å². The molecule has 1 aromatic carbocycles. The van der Waals surface area contributed by atoms with Crippen molar-refractivity contribution in [2.45, 2.75) is 70.7 Å². The fourth-order valence-electron chi connectivity index (χ4n) is 2.35. The van der Waals surface area contributed by atoms with Crippen LogP contribution < -0.4 is 0 Å². The minimum atomic E-state index is -1.20. The summed E-state index contributed by atoms with van der Waals surface area (Å²) in [5, 5.41) is 10.4. The van der Waals surface area contributed by atoms with Crippen molar-refractivity contribution in [3.8, 4) is 0 Å². The molecular weight excluding hydrogens is 260 g/mol. The van der Waals surface area contributed by atoms with Gasteiger partial charge in [0.1, 0.15) is 0 Å². The second-order valence-corrected chi connectivity index (χ2v) is 5.69. The van der Waals surface area contributed by atoms with E-state index in [4.69, 9.17) is 4.74 Å². The molecule has 0 saturated heterocycles. The molecule has 1 rings (SSSR count). The molecule has 0 aliphatic heterocycles. The van der Waals surface area contributed by atoms with Gasteiger partial charge in [-0.15, -0.1) is 0 Å². The van der Waals surface area contributed by atoms with Crippen LogP contribution in [0.25, 0.3) is 0 Å². The zero-order valence-corrected chi connectivity index (χ0v) is 13.4. The molecule has 1 unspecified atom stereocenters. The first-order valence-electron chi connectivity index (χ1n) is 8.24. The van der Waals surface area contributed by atoms with Crippen molar-refractivity contribution in [3.05, 3.63) is 48.6 Å². The summed E-state index contributed by atoms with van der Waals surface area (Å²) in [6.07, 6.45) is 10.7. The van der Waals surface area contributed by atoms with Gasteiger partial charge in [0.25, 0.3) is 0 Å². The lowest BCUT2D eigenvalue weighted by atomic mass is 10.0. The Morgan fingerprint density at radius 1 is 1.05 bits per heavy atom. The fraction of sp³-hybridized carbons (Fsp3) is 0.579. The molecule has 0 amide bonds. The van der Waals surface area contributed by atoms with Crippen LogP contribution in [0.15, 0.2) is 43.0 Å². The predicted octanol–water partition coefficient (Wildman–Crippen LogP) is 5.22. The van der Waals surface area contributed by atoms with Gasteiger partial charge in [-0.1, -0.05) is 82.4 Å². The molecule has 0 aromatic heterocycles. The van der Waals surface area contributed by atoms with Crippen molar-refractivity contribution >= 4 is 0 Å². The second-order valence-electron chi connectivity index (χ2n) is 5.69. The van der Waals surface area contributed by atoms with E-state index in [0.29, 0.717) is 13.0 Å². The molecule has 118 valence electrons. The molecule has 1 atom stereocenters. The monoisotopic (exact) mass is 290 g/mol. The first kappa shape index (κ1) is 17.9. The Balaban J connectivity index is 2.20. The summed E-state index contributed by atoms with van der Waals surface area (Å²) in [6, 6.07) is 9.92. The number of benzene rings is 1. The van der Waals surface area contributed by atoms with Crippen LogP contribution in [0.3, 0.4) is 0 Å². The maximum absolute atomic E-state index is 10.4. The largest absolute Gasteiger partial charge is 0.362 e. The van der Waals surface area contributed by atoms with Crippen LogP contribution in [0, 0.1) is 0 Å². The third kappa shape index (κ3) is 8.03. The van der Waals surface area contributed by atoms with Gasteiger partial charge in [-0.2, -0.15) is 0 Å². The molecule has 0 saturated carbocycles. The zero-order valence-electron chi connectivity index (χ0n) is 13.4. The molecule has 0 bridgehead atoms. The second kappa shape index (κ2) is 10.6. The first-order chi connectivity index (χ1) is 10.2. The SMILES string of the molecule is C=CC(O)(CCCCCCCCC)OCc1ccccc1. The number of hydrogen-bond donors (Lipinski definition) is 1. The molecule has 0 heterocycles. The molecule has 21 heavy (non-hydrogen) atoms. The molecular formula is C19H30O2. The zero-order chi connectivity index (χ0) is 15.4. The van der Waals surface area contributed by atoms with Crippen molar-refractivity contribution in [2.24, 2.45) is 0 Å². The Hall–Kier alpha value is -1.12. The lowest BCUT2D eigenvalue weighted by Gasteiger charge is -2.24. The van der Waals surface area contributed by atoms with Crippen LogP contribution >= 0.6 is 0 Å². The molecule has 1 aromatic rings. The minimum Gasteiger partial charge on any atom is -0.362 e. The van der Waals surface area contributed by atoms with Gasteiger partial charge in [0.15, 0.2) is 5.79 Å². The number of aliphatic hydroxyl groups is 1. The third-order valence-corrected chi connectivity index (χ3v) is 3.79. The van der Waals surface area contributed by atoms with Crippen molar-refractivity contribution < 1.29 is 9.84 Å². The average Bonchev–Trinajstić information content (AvgIpc) is 2.53. The Morgan fingerprint density at radius 2 is 1.67 bits per heavy atom. The molecule has 0 aliphatic carbocycles. The van der Waals surface area contributed by atoms with E-state index >= 15 is 0 Å². The van der Waals surface area contributed by atoms with Gasteiger partial charge in [0.2, 0.25) is 0 Å². The van der Waals surface area contributed by atoms with E-state index in [2.05, 4.69) is 13.5 Å². The van der Waals surface area contributed by atoms with E-state index in [0.717, 1.165) is 18.4 Å². The quantitative estimate of drug-likeness (QED) is 0.325. The summed E-state index contributed by atoms with van der Waals surface area (Å²) < 4.78 is 5.65. The van der Waals surface area contributed by atoms with Gasteiger partial charge in [0, 0.05) is 6.42 Å². The van der Waals surface area contributed by atoms with E-state index in [1.54, 1.807) is 0 Å². The highest BCUT2D eigenvalue weighted by atomic mass is 16.6. The minimum absolute atomic E-state index is 0.417. The maximum Gasteiger partial charge on any atom is 0.185 e. The summed E-state index contributed by atoms with van der Waals surface area (Å²) in [5.74, 6) is -1.20. The van der Waals surface area contributed by atoms with Crippen LogP contribution in [-0.2, 0) is 11.3 Å². The summed E-state index contributed by atoms with van der Waals surface area (Å²) in [5.41, 5.74) is 1.07. The molecule has 0 fully saturated rings. The Kier molecular flexibility index (Phi) is 9.04. The van der Waals surface area contributed by atoms with E-state index in [1.807, 2.05) is 30.3 Å². The molecule has 0 aliphatic rings. The van der Waals surface area contributed by atoms with Crippen LogP contribution in [0.5, 0.6) is 0 Å². The summed E-state index contributed by atoms with van der Waals surface area (Å²) in [6.45, 7) is 6.36. The number of rotatable bonds is 12. The third-order valence-electron chi connectivity index (χ3n) is 3.79. The predicted molar refractivity (Wildman–Crippen MR) is 89.0 cm³/mol. The van der Waals surface area contributed by atoms with Gasteiger partial charge in [-0.25, -0.2) is 0 Å². The molecule has 2 heteroatoms. The Bertz CT molecular complexity index is 374. The van der Waals surface area contributed by atoms with Crippen LogP contribution in [0.1, 0.15) is 63.9 Å². The van der Waals surface area contributed by atoms with E-state index in [-0.39, 0.29) is 0 Å². The number of unbranched alkanes of at least 4 members (excludes halogenated alkanes) is 6. The standard InChI is InChI=1S/C19H30O2/c1-3-5-6-7-8-9-13-16-19(20,4-2)21-17-18-14-11-10-12-15-18/h4,10-12,14-15,20H,2-3,5-9,13,16-17H2,1H3. The highest BCUT2D eigenvalue weighted by Gasteiger charge is 2.22. The van der Waals surface area contributed by atoms with Gasteiger partial charge >= 0.3 is 0 Å². The van der Waals surface area contributed by atoms with Gasteiger partial charge in [-0.3, -0.25) is 0 Å². The van der Waals surface area contributed by atoms with Crippen molar-refractivity contribution in [1.82, 2.24) is 0 Å². The Morgan fingerprint density at radius 3 is 2.29 bits per heavy atom. The van der Waals surface area contributed by atoms with Crippen LogP contribution in [-0.4, -0.2) is 10.9 Å². The molecule has 0 radical (unpaired) electrons. The highest BCUT2D eigenvalue weighted by Crippen LogP contribution is 2.20. The van der Waals surface area contributed by atoms with E-state index in [9.17, 15) is 5.11 Å². The van der Waals surface area contributed by atoms with Crippen molar-refractivity contribution in [3.63, 3.8) is 0 Å². The average molecular weight is 290 g/mol. The lowest BCUT2D eigenvalue weighted by Crippen LogP contribution is -2.29. The van der Waals surface area contributed by atoms with Gasteiger partial charge in [0.05, 0.1) is 6.61 Å². The number of hydrogen-bond acceptors (Lipinski definition) is 2. The summed E-state index contributed by atoms with van der Waals surface area (Å²) in [4.78, 5) is 0. The summed E-state index contributed by atoms with van der Waals surface area (Å²) in [7, 11) is 0. The normalized spacial score (nSPS) is 13.8. The molecule has 1 N–H and O–H groups in total. The summed E-state index contributed by atoms with van der Waals surface area (Å²) >= 11 is 0. The number of ether oxygens (including phenoxy) is 1. The fourth-order valence-corrected chi connectivity index (χ4v) is 2.35. The topological polar surface area (TPSA) is 29.5 Å². The Labute approximate surface area is 129 Å². The van der Waals surface area contributed by atoms with Crippen LogP contribution in [0.2, 0.25) is 0 Å². The van der Waals surface area contributed by atoms with Crippen molar-refractivity contribution in [2.75, 3.05) is 0 Å². The maximum atomic E-state index is 10.4. The van der Waals surface area contributed by atoms with Gasteiger partial charge < -0.3 is 9.84 Å². The van der Waals surface area contributed by atoms with Gasteiger partial charge in [-0.05, 0) is 18.1 Å². The highest BCUT2D eigenvalue weighted by molar-refractivity contribution is 5.13. The molecule has 0 spiro atoms.